The summed E-state index contributed by atoms with van der Waals surface area (Å²) in [5.41, 5.74) is 2.04. The number of carbonyl (C=O) groups is 2. The second kappa shape index (κ2) is 5.60. The van der Waals surface area contributed by atoms with E-state index in [1.165, 1.54) is 16.2 Å². The highest BCUT2D eigenvalue weighted by Gasteiger charge is 2.19. The summed E-state index contributed by atoms with van der Waals surface area (Å²) in [5.74, 6) is -0.451. The maximum Gasteiger partial charge on any atom is 0.273 e. The van der Waals surface area contributed by atoms with Crippen molar-refractivity contribution in [2.24, 2.45) is 5.92 Å². The lowest BCUT2D eigenvalue weighted by Crippen LogP contribution is -2.37. The van der Waals surface area contributed by atoms with Crippen LogP contribution in [0.5, 0.6) is 0 Å². The van der Waals surface area contributed by atoms with Crippen molar-refractivity contribution < 1.29 is 9.59 Å². The summed E-state index contributed by atoms with van der Waals surface area (Å²) >= 11 is 1.38. The van der Waals surface area contributed by atoms with Crippen molar-refractivity contribution in [1.29, 1.82) is 0 Å². The van der Waals surface area contributed by atoms with E-state index in [1.54, 1.807) is 31.9 Å². The molecule has 0 aliphatic rings. The first-order valence-corrected chi connectivity index (χ1v) is 5.85. The lowest BCUT2D eigenvalue weighted by Gasteiger charge is -2.19. The minimum absolute atomic E-state index is 0.0714. The maximum atomic E-state index is 11.8. The van der Waals surface area contributed by atoms with E-state index in [0.29, 0.717) is 12.2 Å². The Morgan fingerprint density at radius 3 is 2.81 bits per heavy atom. The molecule has 1 N–H and O–H groups in total. The number of nitrogens with one attached hydrogen (secondary N) is 1. The zero-order chi connectivity index (χ0) is 12.1. The van der Waals surface area contributed by atoms with E-state index in [0.717, 1.165) is 0 Å². The number of rotatable bonds is 4. The highest BCUT2D eigenvalue weighted by molar-refractivity contribution is 7.07. The van der Waals surface area contributed by atoms with Crippen LogP contribution in [0.3, 0.4) is 0 Å². The molecule has 0 aliphatic carbocycles. The van der Waals surface area contributed by atoms with Crippen LogP contribution in [0.15, 0.2) is 10.9 Å². The van der Waals surface area contributed by atoms with E-state index in [4.69, 9.17) is 0 Å². The molecule has 0 radical (unpaired) electrons. The molecule has 0 bridgehead atoms. The van der Waals surface area contributed by atoms with Crippen LogP contribution in [-0.4, -0.2) is 42.3 Å². The van der Waals surface area contributed by atoms with E-state index < -0.39 is 0 Å². The summed E-state index contributed by atoms with van der Waals surface area (Å²) in [6.07, 6.45) is 0. The maximum absolute atomic E-state index is 11.8. The zero-order valence-corrected chi connectivity index (χ0v) is 10.4. The second-order valence-electron chi connectivity index (χ2n) is 3.57. The molecule has 0 saturated carbocycles. The second-order valence-corrected chi connectivity index (χ2v) is 4.29. The Morgan fingerprint density at radius 2 is 2.31 bits per heavy atom. The fourth-order valence-corrected chi connectivity index (χ4v) is 1.86. The molecule has 1 atom stereocenters. The van der Waals surface area contributed by atoms with Crippen molar-refractivity contribution >= 4 is 23.2 Å². The molecule has 1 unspecified atom stereocenters. The van der Waals surface area contributed by atoms with Gasteiger partial charge < -0.3 is 10.2 Å². The summed E-state index contributed by atoms with van der Waals surface area (Å²) in [5, 5.41) is 4.25. The van der Waals surface area contributed by atoms with Crippen molar-refractivity contribution in [3.63, 3.8) is 0 Å². The number of hydrogen-bond donors (Lipinski definition) is 1. The van der Waals surface area contributed by atoms with Gasteiger partial charge in [0.25, 0.3) is 5.91 Å². The highest BCUT2D eigenvalue weighted by Crippen LogP contribution is 2.06. The molecule has 88 valence electrons. The number of thiazole rings is 1. The molecule has 0 aliphatic heterocycles. The van der Waals surface area contributed by atoms with Crippen LogP contribution in [-0.2, 0) is 4.79 Å². The smallest absolute Gasteiger partial charge is 0.273 e. The molecule has 1 aromatic heterocycles. The van der Waals surface area contributed by atoms with Crippen molar-refractivity contribution in [2.45, 2.75) is 6.92 Å². The predicted molar refractivity (Wildman–Crippen MR) is 62.3 cm³/mol. The lowest BCUT2D eigenvalue weighted by atomic mass is 10.1. The zero-order valence-electron chi connectivity index (χ0n) is 9.56. The van der Waals surface area contributed by atoms with Crippen LogP contribution in [0.25, 0.3) is 0 Å². The average molecular weight is 241 g/mol. The van der Waals surface area contributed by atoms with Crippen LogP contribution in [0, 0.1) is 5.92 Å². The first kappa shape index (κ1) is 12.6. The number of nitrogens with zero attached hydrogens (tertiary/aromatic N) is 2. The summed E-state index contributed by atoms with van der Waals surface area (Å²) in [6, 6.07) is 0. The molecule has 0 spiro atoms. The van der Waals surface area contributed by atoms with Gasteiger partial charge in [0.05, 0.1) is 11.4 Å². The third-order valence-corrected chi connectivity index (χ3v) is 2.83. The van der Waals surface area contributed by atoms with Crippen molar-refractivity contribution in [2.75, 3.05) is 20.6 Å². The third-order valence-electron chi connectivity index (χ3n) is 2.24. The molecular formula is C10H15N3O2S. The number of carbonyl (C=O) groups excluding carboxylic acids is 2. The van der Waals surface area contributed by atoms with Crippen LogP contribution in [0.1, 0.15) is 17.4 Å². The van der Waals surface area contributed by atoms with Gasteiger partial charge in [0.15, 0.2) is 0 Å². The molecule has 0 fully saturated rings. The Hall–Kier alpha value is -1.43. The molecule has 0 aromatic carbocycles. The number of amides is 2. The summed E-state index contributed by atoms with van der Waals surface area (Å²) < 4.78 is 0. The van der Waals surface area contributed by atoms with E-state index in [9.17, 15) is 9.59 Å². The Morgan fingerprint density at radius 1 is 1.62 bits per heavy atom. The van der Waals surface area contributed by atoms with Gasteiger partial charge in [0, 0.05) is 26.0 Å². The Labute approximate surface area is 98.5 Å². The van der Waals surface area contributed by atoms with Crippen molar-refractivity contribution in [1.82, 2.24) is 15.2 Å². The van der Waals surface area contributed by atoms with E-state index in [1.807, 2.05) is 0 Å². The summed E-state index contributed by atoms with van der Waals surface area (Å²) in [7, 11) is 3.25. The predicted octanol–water partition coefficient (Wildman–Crippen LogP) is 0.597. The Kier molecular flexibility index (Phi) is 4.42. The average Bonchev–Trinajstić information content (AvgIpc) is 2.79. The van der Waals surface area contributed by atoms with Gasteiger partial charge in [-0.2, -0.15) is 0 Å². The molecular weight excluding hydrogens is 226 g/mol. The minimum Gasteiger partial charge on any atom is -0.359 e. The molecule has 2 amide bonds. The van der Waals surface area contributed by atoms with Gasteiger partial charge in [-0.25, -0.2) is 4.98 Å². The van der Waals surface area contributed by atoms with Crippen molar-refractivity contribution in [3.8, 4) is 0 Å². The number of hydrogen-bond acceptors (Lipinski definition) is 4. The summed E-state index contributed by atoms with van der Waals surface area (Å²) in [6.45, 7) is 2.17. The van der Waals surface area contributed by atoms with Gasteiger partial charge in [-0.3, -0.25) is 9.59 Å². The first-order valence-electron chi connectivity index (χ1n) is 4.91. The van der Waals surface area contributed by atoms with Crippen LogP contribution in [0.2, 0.25) is 0 Å². The molecule has 1 rings (SSSR count). The summed E-state index contributed by atoms with van der Waals surface area (Å²) in [4.78, 5) is 28.5. The molecule has 1 heterocycles. The largest absolute Gasteiger partial charge is 0.359 e. The lowest BCUT2D eigenvalue weighted by molar-refractivity contribution is -0.124. The van der Waals surface area contributed by atoms with Gasteiger partial charge in [0.1, 0.15) is 5.69 Å². The molecule has 1 aromatic rings. The Balaban J connectivity index is 2.56. The van der Waals surface area contributed by atoms with E-state index in [-0.39, 0.29) is 17.7 Å². The van der Waals surface area contributed by atoms with Crippen LogP contribution < -0.4 is 5.32 Å². The van der Waals surface area contributed by atoms with Gasteiger partial charge in [-0.15, -0.1) is 11.3 Å². The minimum atomic E-state index is -0.224. The highest BCUT2D eigenvalue weighted by atomic mass is 32.1. The Bertz CT molecular complexity index is 364. The standard InChI is InChI=1S/C10H15N3O2S/c1-7(9(14)11-2)4-13(3)10(15)8-5-16-6-12-8/h5-7H,4H2,1-3H3,(H,11,14). The normalized spacial score (nSPS) is 11.9. The van der Waals surface area contributed by atoms with Crippen molar-refractivity contribution in [3.05, 3.63) is 16.6 Å². The third kappa shape index (κ3) is 3.03. The monoisotopic (exact) mass is 241 g/mol. The first-order chi connectivity index (χ1) is 7.56. The quantitative estimate of drug-likeness (QED) is 0.839. The SMILES string of the molecule is CNC(=O)C(C)CN(C)C(=O)c1cscn1. The topological polar surface area (TPSA) is 62.3 Å². The van der Waals surface area contributed by atoms with Gasteiger partial charge >= 0.3 is 0 Å². The van der Waals surface area contributed by atoms with Gasteiger partial charge in [-0.1, -0.05) is 6.92 Å². The van der Waals surface area contributed by atoms with Gasteiger partial charge in [-0.05, 0) is 0 Å². The fraction of sp³-hybridized carbons (Fsp3) is 0.500. The molecule has 5 nitrogen and oxygen atoms in total. The van der Waals surface area contributed by atoms with Gasteiger partial charge in [0.2, 0.25) is 5.91 Å². The van der Waals surface area contributed by atoms with E-state index >= 15 is 0 Å². The fourth-order valence-electron chi connectivity index (χ4n) is 1.34. The molecule has 6 heteroatoms. The van der Waals surface area contributed by atoms with Crippen LogP contribution >= 0.6 is 11.3 Å². The van der Waals surface area contributed by atoms with E-state index in [2.05, 4.69) is 10.3 Å². The van der Waals surface area contributed by atoms with Crippen LogP contribution in [0.4, 0.5) is 0 Å². The number of aromatic nitrogens is 1. The molecule has 16 heavy (non-hydrogen) atoms. The molecule has 0 saturated heterocycles.